The van der Waals surface area contributed by atoms with Crippen LogP contribution in [0.25, 0.3) is 0 Å². The van der Waals surface area contributed by atoms with E-state index in [-0.39, 0.29) is 29.9 Å². The van der Waals surface area contributed by atoms with Gasteiger partial charge in [0.2, 0.25) is 5.91 Å². The van der Waals surface area contributed by atoms with E-state index in [2.05, 4.69) is 68.4 Å². The standard InChI is InChI=1S/C20H30BrN5O.HI/c1-3-22-20(23-13-16-4-5-17(21)12-15(16)2)26-10-8-25(9-11-26)14-19(27)24-18-6-7-18;/h4-5,12,18H,3,6-11,13-14H2,1-2H3,(H,22,23)(H,24,27);1H. The Morgan fingerprint density at radius 2 is 1.96 bits per heavy atom. The first-order valence-electron chi connectivity index (χ1n) is 9.85. The van der Waals surface area contributed by atoms with Gasteiger partial charge in [-0.2, -0.15) is 0 Å². The minimum atomic E-state index is 0. The lowest BCUT2D eigenvalue weighted by Gasteiger charge is -2.36. The number of piperazine rings is 1. The van der Waals surface area contributed by atoms with Gasteiger partial charge in [0.1, 0.15) is 0 Å². The SMILES string of the molecule is CCNC(=NCc1ccc(Br)cc1C)N1CCN(CC(=O)NC2CC2)CC1.I. The molecule has 6 nitrogen and oxygen atoms in total. The Morgan fingerprint density at radius 1 is 1.25 bits per heavy atom. The summed E-state index contributed by atoms with van der Waals surface area (Å²) in [5.74, 6) is 1.12. The third-order valence-electron chi connectivity index (χ3n) is 5.02. The fraction of sp³-hybridized carbons (Fsp3) is 0.600. The third-order valence-corrected chi connectivity index (χ3v) is 5.51. The normalized spacial score (nSPS) is 17.8. The van der Waals surface area contributed by atoms with Crippen molar-refractivity contribution in [3.8, 4) is 0 Å². The van der Waals surface area contributed by atoms with Crippen molar-refractivity contribution in [3.63, 3.8) is 0 Å². The van der Waals surface area contributed by atoms with E-state index in [0.29, 0.717) is 19.1 Å². The van der Waals surface area contributed by atoms with Crippen LogP contribution in [0.5, 0.6) is 0 Å². The van der Waals surface area contributed by atoms with Gasteiger partial charge < -0.3 is 15.5 Å². The van der Waals surface area contributed by atoms with Gasteiger partial charge in [-0.1, -0.05) is 22.0 Å². The molecule has 0 atom stereocenters. The molecule has 0 aromatic heterocycles. The summed E-state index contributed by atoms with van der Waals surface area (Å²) in [6, 6.07) is 6.76. The van der Waals surface area contributed by atoms with Gasteiger partial charge >= 0.3 is 0 Å². The molecule has 2 N–H and O–H groups in total. The van der Waals surface area contributed by atoms with Crippen molar-refractivity contribution in [3.05, 3.63) is 33.8 Å². The number of nitrogens with one attached hydrogen (secondary N) is 2. The van der Waals surface area contributed by atoms with E-state index in [4.69, 9.17) is 4.99 Å². The highest BCUT2D eigenvalue weighted by Gasteiger charge is 2.25. The van der Waals surface area contributed by atoms with E-state index < -0.39 is 0 Å². The lowest BCUT2D eigenvalue weighted by atomic mass is 10.1. The van der Waals surface area contributed by atoms with Crippen LogP contribution in [0.2, 0.25) is 0 Å². The Balaban J connectivity index is 0.00000280. The van der Waals surface area contributed by atoms with Crippen LogP contribution < -0.4 is 10.6 Å². The van der Waals surface area contributed by atoms with Crippen molar-refractivity contribution in [1.29, 1.82) is 0 Å². The lowest BCUT2D eigenvalue weighted by Crippen LogP contribution is -2.54. The number of benzene rings is 1. The van der Waals surface area contributed by atoms with Gasteiger partial charge in [-0.05, 0) is 49.9 Å². The zero-order valence-corrected chi connectivity index (χ0v) is 20.6. The van der Waals surface area contributed by atoms with E-state index in [1.807, 2.05) is 0 Å². The van der Waals surface area contributed by atoms with Crippen LogP contribution in [0.4, 0.5) is 0 Å². The first kappa shape index (κ1) is 23.4. The molecule has 28 heavy (non-hydrogen) atoms. The molecule has 1 amide bonds. The minimum Gasteiger partial charge on any atom is -0.357 e. The molecule has 0 bridgehead atoms. The monoisotopic (exact) mass is 563 g/mol. The van der Waals surface area contributed by atoms with Crippen molar-refractivity contribution < 1.29 is 4.79 Å². The quantitative estimate of drug-likeness (QED) is 0.317. The zero-order chi connectivity index (χ0) is 19.2. The molecule has 1 aromatic rings. The number of carbonyl (C=O) groups excluding carboxylic acids is 1. The smallest absolute Gasteiger partial charge is 0.234 e. The maximum atomic E-state index is 12.0. The summed E-state index contributed by atoms with van der Waals surface area (Å²) in [6.45, 7) is 9.81. The molecule has 0 radical (unpaired) electrons. The van der Waals surface area contributed by atoms with Crippen LogP contribution in [-0.4, -0.2) is 67.0 Å². The van der Waals surface area contributed by atoms with Crippen LogP contribution in [0.1, 0.15) is 30.9 Å². The average molecular weight is 564 g/mol. The second-order valence-corrected chi connectivity index (χ2v) is 8.26. The molecule has 1 aromatic carbocycles. The lowest BCUT2D eigenvalue weighted by molar-refractivity contribution is -0.122. The van der Waals surface area contributed by atoms with E-state index >= 15 is 0 Å². The summed E-state index contributed by atoms with van der Waals surface area (Å²) in [5, 5.41) is 6.48. The Bertz CT molecular complexity index is 687. The van der Waals surface area contributed by atoms with Crippen LogP contribution >= 0.6 is 39.9 Å². The molecule has 1 heterocycles. The maximum absolute atomic E-state index is 12.0. The molecule has 1 saturated carbocycles. The number of halogens is 2. The molecular weight excluding hydrogens is 533 g/mol. The predicted molar refractivity (Wildman–Crippen MR) is 128 cm³/mol. The summed E-state index contributed by atoms with van der Waals surface area (Å²) >= 11 is 3.51. The Kier molecular flexibility index (Phi) is 9.49. The molecule has 1 saturated heterocycles. The summed E-state index contributed by atoms with van der Waals surface area (Å²) in [5.41, 5.74) is 2.49. The third kappa shape index (κ3) is 7.18. The van der Waals surface area contributed by atoms with Crippen molar-refractivity contribution in [1.82, 2.24) is 20.4 Å². The number of aryl methyl sites for hydroxylation is 1. The predicted octanol–water partition coefficient (Wildman–Crippen LogP) is 2.74. The van der Waals surface area contributed by atoms with E-state index in [0.717, 1.165) is 56.0 Å². The van der Waals surface area contributed by atoms with Crippen LogP contribution in [0, 0.1) is 6.92 Å². The van der Waals surface area contributed by atoms with Gasteiger partial charge in [0.05, 0.1) is 13.1 Å². The Morgan fingerprint density at radius 3 is 2.57 bits per heavy atom. The fourth-order valence-electron chi connectivity index (χ4n) is 3.24. The van der Waals surface area contributed by atoms with Crippen LogP contribution in [-0.2, 0) is 11.3 Å². The number of nitrogens with zero attached hydrogens (tertiary/aromatic N) is 3. The van der Waals surface area contributed by atoms with Gasteiger partial charge in [0, 0.05) is 43.2 Å². The van der Waals surface area contributed by atoms with Crippen molar-refractivity contribution in [2.45, 2.75) is 39.3 Å². The van der Waals surface area contributed by atoms with Gasteiger partial charge in [-0.15, -0.1) is 24.0 Å². The molecule has 3 rings (SSSR count). The molecule has 1 aliphatic carbocycles. The molecule has 8 heteroatoms. The summed E-state index contributed by atoms with van der Waals surface area (Å²) in [4.78, 5) is 21.4. The van der Waals surface area contributed by atoms with E-state index in [9.17, 15) is 4.79 Å². The second kappa shape index (κ2) is 11.3. The Labute approximate surface area is 193 Å². The number of carbonyl (C=O) groups is 1. The topological polar surface area (TPSA) is 60.0 Å². The minimum absolute atomic E-state index is 0. The number of amides is 1. The highest BCUT2D eigenvalue weighted by atomic mass is 127. The molecule has 1 aliphatic heterocycles. The number of hydrogen-bond acceptors (Lipinski definition) is 3. The van der Waals surface area contributed by atoms with Gasteiger partial charge in [-0.25, -0.2) is 4.99 Å². The number of aliphatic imine (C=N–C) groups is 1. The fourth-order valence-corrected chi connectivity index (χ4v) is 3.72. The largest absolute Gasteiger partial charge is 0.357 e. The summed E-state index contributed by atoms with van der Waals surface area (Å²) in [6.07, 6.45) is 2.28. The molecule has 2 aliphatic rings. The molecule has 0 spiro atoms. The van der Waals surface area contributed by atoms with Gasteiger partial charge in [-0.3, -0.25) is 9.69 Å². The van der Waals surface area contributed by atoms with Crippen molar-refractivity contribution in [2.75, 3.05) is 39.3 Å². The molecular formula is C20H31BrIN5O. The molecule has 2 fully saturated rings. The summed E-state index contributed by atoms with van der Waals surface area (Å²) in [7, 11) is 0. The maximum Gasteiger partial charge on any atom is 0.234 e. The number of guanidine groups is 1. The van der Waals surface area contributed by atoms with E-state index in [1.165, 1.54) is 11.1 Å². The highest BCUT2D eigenvalue weighted by Crippen LogP contribution is 2.18. The van der Waals surface area contributed by atoms with Crippen LogP contribution in [0.3, 0.4) is 0 Å². The first-order valence-corrected chi connectivity index (χ1v) is 10.6. The van der Waals surface area contributed by atoms with Crippen molar-refractivity contribution in [2.24, 2.45) is 4.99 Å². The van der Waals surface area contributed by atoms with E-state index in [1.54, 1.807) is 0 Å². The number of rotatable bonds is 6. The second-order valence-electron chi connectivity index (χ2n) is 7.35. The summed E-state index contributed by atoms with van der Waals surface area (Å²) < 4.78 is 1.10. The number of hydrogen-bond donors (Lipinski definition) is 2. The molecule has 0 unspecified atom stereocenters. The first-order chi connectivity index (χ1) is 13.0. The highest BCUT2D eigenvalue weighted by molar-refractivity contribution is 14.0. The molecule has 156 valence electrons. The van der Waals surface area contributed by atoms with Crippen molar-refractivity contribution >= 4 is 51.8 Å². The van der Waals surface area contributed by atoms with Gasteiger partial charge in [0.25, 0.3) is 0 Å². The van der Waals surface area contributed by atoms with Crippen LogP contribution in [0.15, 0.2) is 27.7 Å². The zero-order valence-electron chi connectivity index (χ0n) is 16.7. The van der Waals surface area contributed by atoms with Gasteiger partial charge in [0.15, 0.2) is 5.96 Å². The Hall–Kier alpha value is -0.870. The average Bonchev–Trinajstić information content (AvgIpc) is 3.44.